The van der Waals surface area contributed by atoms with Gasteiger partial charge in [0.15, 0.2) is 5.58 Å². The highest BCUT2D eigenvalue weighted by atomic mass is 35.5. The first kappa shape index (κ1) is 29.5. The van der Waals surface area contributed by atoms with Crippen LogP contribution in [-0.4, -0.2) is 48.3 Å². The third-order valence-electron chi connectivity index (χ3n) is 7.15. The van der Waals surface area contributed by atoms with Crippen LogP contribution in [0.5, 0.6) is 0 Å². The number of nitrogens with zero attached hydrogens (tertiary/aromatic N) is 2. The monoisotopic (exact) mass is 594 g/mol. The molecular formula is C34H31ClN4O4. The van der Waals surface area contributed by atoms with Crippen molar-refractivity contribution >= 4 is 46.0 Å². The van der Waals surface area contributed by atoms with Crippen LogP contribution in [0, 0.1) is 0 Å². The van der Waals surface area contributed by atoms with E-state index in [1.165, 1.54) is 0 Å². The van der Waals surface area contributed by atoms with Gasteiger partial charge in [-0.1, -0.05) is 79.2 Å². The van der Waals surface area contributed by atoms with E-state index in [1.807, 2.05) is 78.7 Å². The van der Waals surface area contributed by atoms with Gasteiger partial charge in [0.25, 0.3) is 11.8 Å². The lowest BCUT2D eigenvalue weighted by Crippen LogP contribution is -2.55. The van der Waals surface area contributed by atoms with E-state index in [1.54, 1.807) is 43.3 Å². The minimum atomic E-state index is -0.980. The molecule has 1 aromatic heterocycles. The number of likely N-dealkylation sites (N-methyl/N-ethyl adjacent to an activating group) is 1. The second kappa shape index (κ2) is 13.4. The van der Waals surface area contributed by atoms with E-state index in [0.29, 0.717) is 28.1 Å². The van der Waals surface area contributed by atoms with E-state index in [-0.39, 0.29) is 12.4 Å². The minimum Gasteiger partial charge on any atom is -0.434 e. The zero-order valence-corrected chi connectivity index (χ0v) is 24.5. The molecule has 1 heterocycles. The molecule has 0 aliphatic carbocycles. The average Bonchev–Trinajstić information content (AvgIpc) is 3.48. The summed E-state index contributed by atoms with van der Waals surface area (Å²) in [4.78, 5) is 46.5. The number of oxazole rings is 1. The average molecular weight is 595 g/mol. The molecule has 0 unspecified atom stereocenters. The molecule has 43 heavy (non-hydrogen) atoms. The number of carbonyl (C=O) groups is 3. The second-order valence-electron chi connectivity index (χ2n) is 10.1. The van der Waals surface area contributed by atoms with Gasteiger partial charge in [-0.05, 0) is 54.4 Å². The van der Waals surface area contributed by atoms with Crippen LogP contribution in [0.25, 0.3) is 22.2 Å². The van der Waals surface area contributed by atoms with Crippen molar-refractivity contribution in [3.8, 4) is 11.1 Å². The lowest BCUT2D eigenvalue weighted by Gasteiger charge is -2.27. The third kappa shape index (κ3) is 6.93. The fourth-order valence-electron chi connectivity index (χ4n) is 4.75. The molecule has 0 aliphatic rings. The summed E-state index contributed by atoms with van der Waals surface area (Å²) in [6, 6.07) is 29.2. The Morgan fingerprint density at radius 3 is 2.21 bits per heavy atom. The van der Waals surface area contributed by atoms with E-state index in [2.05, 4.69) is 15.6 Å². The number of anilines is 1. The maximum Gasteiger partial charge on any atom is 0.266 e. The Kier molecular flexibility index (Phi) is 9.17. The molecule has 2 atom stereocenters. The zero-order valence-electron chi connectivity index (χ0n) is 23.8. The van der Waals surface area contributed by atoms with Gasteiger partial charge in [-0.2, -0.15) is 0 Å². The first-order chi connectivity index (χ1) is 20.8. The molecule has 0 saturated carbocycles. The van der Waals surface area contributed by atoms with Crippen molar-refractivity contribution in [2.75, 3.05) is 18.5 Å². The number of rotatable bonds is 11. The highest BCUT2D eigenvalue weighted by molar-refractivity contribution is 6.33. The van der Waals surface area contributed by atoms with Crippen LogP contribution in [-0.2, 0) is 4.79 Å². The lowest BCUT2D eigenvalue weighted by molar-refractivity contribution is -0.123. The highest BCUT2D eigenvalue weighted by Crippen LogP contribution is 2.27. The molecule has 9 heteroatoms. The van der Waals surface area contributed by atoms with Crippen molar-refractivity contribution in [3.05, 3.63) is 120 Å². The van der Waals surface area contributed by atoms with Crippen molar-refractivity contribution in [3.63, 3.8) is 0 Å². The fraction of sp³-hybridized carbons (Fsp3) is 0.176. The van der Waals surface area contributed by atoms with Crippen LogP contribution >= 0.6 is 11.6 Å². The first-order valence-corrected chi connectivity index (χ1v) is 14.3. The maximum absolute atomic E-state index is 13.7. The molecule has 4 aromatic carbocycles. The number of Topliss-reactive ketones (excluding diaryl/α,β-unsaturated/α-hetero) is 1. The Morgan fingerprint density at radius 1 is 0.837 bits per heavy atom. The number of amides is 2. The van der Waals surface area contributed by atoms with Crippen LogP contribution in [0.4, 0.5) is 5.69 Å². The summed E-state index contributed by atoms with van der Waals surface area (Å²) in [5.74, 6) is -1.44. The van der Waals surface area contributed by atoms with Crippen molar-refractivity contribution in [1.82, 2.24) is 15.6 Å². The van der Waals surface area contributed by atoms with Crippen LogP contribution in [0.1, 0.15) is 34.4 Å². The molecule has 218 valence electrons. The van der Waals surface area contributed by atoms with Gasteiger partial charge in [-0.15, -0.1) is 0 Å². The SMILES string of the molecule is CC[C@H](NC(=O)[C@H](CN(C)c1ccccc1)NC(=O)c1ccc(-c2ccccc2Cl)cc1)C(=O)c1nc2ccccc2o1. The molecule has 2 N–H and O–H groups in total. The van der Waals surface area contributed by atoms with Crippen LogP contribution in [0.15, 0.2) is 108 Å². The molecule has 0 bridgehead atoms. The number of nitrogens with one attached hydrogen (secondary N) is 2. The molecular weight excluding hydrogens is 564 g/mol. The van der Waals surface area contributed by atoms with Gasteiger partial charge in [0.05, 0.1) is 6.04 Å². The van der Waals surface area contributed by atoms with Crippen molar-refractivity contribution in [2.45, 2.75) is 25.4 Å². The van der Waals surface area contributed by atoms with Crippen LogP contribution in [0.2, 0.25) is 5.02 Å². The number of hydrogen-bond donors (Lipinski definition) is 2. The first-order valence-electron chi connectivity index (χ1n) is 14.0. The number of hydrogen-bond acceptors (Lipinski definition) is 6. The molecule has 0 radical (unpaired) electrons. The lowest BCUT2D eigenvalue weighted by atomic mass is 10.0. The van der Waals surface area contributed by atoms with Crippen molar-refractivity contribution in [2.24, 2.45) is 0 Å². The molecule has 5 rings (SSSR count). The van der Waals surface area contributed by atoms with E-state index in [4.69, 9.17) is 16.0 Å². The Hall–Kier alpha value is -4.95. The molecule has 5 aromatic rings. The summed E-state index contributed by atoms with van der Waals surface area (Å²) in [6.45, 7) is 1.95. The van der Waals surface area contributed by atoms with Crippen molar-refractivity contribution in [1.29, 1.82) is 0 Å². The topological polar surface area (TPSA) is 105 Å². The normalized spacial score (nSPS) is 12.3. The Labute approximate surface area is 254 Å². The van der Waals surface area contributed by atoms with Gasteiger partial charge < -0.3 is 20.0 Å². The summed E-state index contributed by atoms with van der Waals surface area (Å²) in [5, 5.41) is 6.29. The van der Waals surface area contributed by atoms with E-state index < -0.39 is 29.7 Å². The molecule has 0 aliphatic heterocycles. The standard InChI is InChI=1S/C34H31ClN4O4/c1-3-27(31(40)34-38-28-15-9-10-16-30(28)43-34)36-33(42)29(21-39(2)24-11-5-4-6-12-24)37-32(41)23-19-17-22(18-20-23)25-13-7-8-14-26(25)35/h4-20,27,29H,3,21H2,1-2H3,(H,36,42)(H,37,41)/t27-,29-/m0/s1. The maximum atomic E-state index is 13.7. The Bertz CT molecular complexity index is 1700. The zero-order chi connectivity index (χ0) is 30.3. The molecule has 0 saturated heterocycles. The minimum absolute atomic E-state index is 0.0750. The largest absolute Gasteiger partial charge is 0.434 e. The van der Waals surface area contributed by atoms with Gasteiger partial charge >= 0.3 is 0 Å². The summed E-state index contributed by atoms with van der Waals surface area (Å²) in [5.41, 5.74) is 4.01. The number of aromatic nitrogens is 1. The second-order valence-corrected chi connectivity index (χ2v) is 10.5. The van der Waals surface area contributed by atoms with Crippen LogP contribution in [0.3, 0.4) is 0 Å². The van der Waals surface area contributed by atoms with E-state index in [9.17, 15) is 14.4 Å². The summed E-state index contributed by atoms with van der Waals surface area (Å²) < 4.78 is 5.65. The van der Waals surface area contributed by atoms with Crippen LogP contribution < -0.4 is 15.5 Å². The summed E-state index contributed by atoms with van der Waals surface area (Å²) in [6.07, 6.45) is 0.308. The smallest absolute Gasteiger partial charge is 0.266 e. The Balaban J connectivity index is 1.34. The quantitative estimate of drug-likeness (QED) is 0.177. The number of benzene rings is 4. The summed E-state index contributed by atoms with van der Waals surface area (Å²) in [7, 11) is 1.83. The number of halogens is 1. The van der Waals surface area contributed by atoms with E-state index in [0.717, 1.165) is 16.8 Å². The third-order valence-corrected chi connectivity index (χ3v) is 7.48. The molecule has 2 amide bonds. The fourth-order valence-corrected chi connectivity index (χ4v) is 4.99. The van der Waals surface area contributed by atoms with Crippen molar-refractivity contribution < 1.29 is 18.8 Å². The van der Waals surface area contributed by atoms with Gasteiger partial charge in [-0.3, -0.25) is 14.4 Å². The molecule has 0 spiro atoms. The predicted octanol–water partition coefficient (Wildman–Crippen LogP) is 6.16. The van der Waals surface area contributed by atoms with Gasteiger partial charge in [0.1, 0.15) is 11.6 Å². The number of carbonyl (C=O) groups excluding carboxylic acids is 3. The number of para-hydroxylation sites is 3. The van der Waals surface area contributed by atoms with E-state index >= 15 is 0 Å². The highest BCUT2D eigenvalue weighted by Gasteiger charge is 2.30. The Morgan fingerprint density at radius 2 is 1.51 bits per heavy atom. The van der Waals surface area contributed by atoms with Gasteiger partial charge in [0.2, 0.25) is 11.7 Å². The molecule has 8 nitrogen and oxygen atoms in total. The predicted molar refractivity (Wildman–Crippen MR) is 168 cm³/mol. The number of ketones is 1. The molecule has 0 fully saturated rings. The van der Waals surface area contributed by atoms with Gasteiger partial charge in [0, 0.05) is 35.4 Å². The number of fused-ring (bicyclic) bond motifs is 1. The van der Waals surface area contributed by atoms with Gasteiger partial charge in [-0.25, -0.2) is 4.98 Å². The summed E-state index contributed by atoms with van der Waals surface area (Å²) >= 11 is 6.34.